The number of nitrogens with zero attached hydrogens (tertiary/aromatic N) is 2. The van der Waals surface area contributed by atoms with Gasteiger partial charge in [0.1, 0.15) is 5.69 Å². The Balaban J connectivity index is 2.38. The maximum atomic E-state index is 10.7. The highest BCUT2D eigenvalue weighted by molar-refractivity contribution is 5.87. The molecule has 0 aliphatic rings. The van der Waals surface area contributed by atoms with Crippen molar-refractivity contribution in [3.63, 3.8) is 0 Å². The standard InChI is InChI=1S/C10H10N4O2/c1-11-10-12-3-2-7(14-10)6-4-8(9(15)16)13-5-6/h2-5,13H,1H3,(H,15,16)(H,11,12,14). The molecule has 2 heterocycles. The minimum Gasteiger partial charge on any atom is -0.477 e. The first kappa shape index (κ1) is 10.2. The molecule has 0 saturated heterocycles. The normalized spacial score (nSPS) is 10.1. The van der Waals surface area contributed by atoms with Crippen LogP contribution in [0.15, 0.2) is 24.5 Å². The molecule has 6 heteroatoms. The van der Waals surface area contributed by atoms with E-state index in [1.165, 1.54) is 6.07 Å². The minimum atomic E-state index is -0.992. The summed E-state index contributed by atoms with van der Waals surface area (Å²) in [6.45, 7) is 0. The van der Waals surface area contributed by atoms with Gasteiger partial charge in [-0.1, -0.05) is 0 Å². The highest BCUT2D eigenvalue weighted by Gasteiger charge is 2.08. The second kappa shape index (κ2) is 4.01. The third-order valence-electron chi connectivity index (χ3n) is 2.09. The van der Waals surface area contributed by atoms with Crippen molar-refractivity contribution >= 4 is 11.9 Å². The molecule has 0 spiro atoms. The highest BCUT2D eigenvalue weighted by Crippen LogP contribution is 2.18. The van der Waals surface area contributed by atoms with E-state index < -0.39 is 5.97 Å². The second-order valence-electron chi connectivity index (χ2n) is 3.12. The Morgan fingerprint density at radius 3 is 3.00 bits per heavy atom. The Bertz CT molecular complexity index is 521. The summed E-state index contributed by atoms with van der Waals surface area (Å²) in [7, 11) is 1.72. The summed E-state index contributed by atoms with van der Waals surface area (Å²) >= 11 is 0. The van der Waals surface area contributed by atoms with E-state index in [1.54, 1.807) is 25.5 Å². The van der Waals surface area contributed by atoms with Crippen LogP contribution in [0.25, 0.3) is 11.3 Å². The monoisotopic (exact) mass is 218 g/mol. The molecule has 0 bridgehead atoms. The van der Waals surface area contributed by atoms with Gasteiger partial charge in [0, 0.05) is 25.0 Å². The molecule has 0 fully saturated rings. The molecule has 2 rings (SSSR count). The molecule has 2 aromatic heterocycles. The summed E-state index contributed by atoms with van der Waals surface area (Å²) in [5.41, 5.74) is 1.53. The van der Waals surface area contributed by atoms with E-state index in [1.807, 2.05) is 0 Å². The van der Waals surface area contributed by atoms with E-state index in [-0.39, 0.29) is 5.69 Å². The van der Waals surface area contributed by atoms with Crippen molar-refractivity contribution in [2.24, 2.45) is 0 Å². The largest absolute Gasteiger partial charge is 0.477 e. The van der Waals surface area contributed by atoms with Crippen molar-refractivity contribution in [1.29, 1.82) is 0 Å². The maximum Gasteiger partial charge on any atom is 0.352 e. The molecular weight excluding hydrogens is 208 g/mol. The van der Waals surface area contributed by atoms with Crippen LogP contribution in [0.4, 0.5) is 5.95 Å². The third kappa shape index (κ3) is 1.85. The minimum absolute atomic E-state index is 0.139. The number of nitrogens with one attached hydrogen (secondary N) is 2. The highest BCUT2D eigenvalue weighted by atomic mass is 16.4. The number of rotatable bonds is 3. The van der Waals surface area contributed by atoms with Crippen LogP contribution >= 0.6 is 0 Å². The summed E-state index contributed by atoms with van der Waals surface area (Å²) in [6, 6.07) is 3.25. The second-order valence-corrected chi connectivity index (χ2v) is 3.12. The average Bonchev–Trinajstić information content (AvgIpc) is 2.78. The van der Waals surface area contributed by atoms with Gasteiger partial charge in [0.25, 0.3) is 0 Å². The lowest BCUT2D eigenvalue weighted by Gasteiger charge is -1.99. The molecule has 0 radical (unpaired) electrons. The molecule has 0 aliphatic carbocycles. The summed E-state index contributed by atoms with van der Waals surface area (Å²) in [4.78, 5) is 21.5. The van der Waals surface area contributed by atoms with Gasteiger partial charge in [0.05, 0.1) is 5.69 Å². The van der Waals surface area contributed by atoms with Crippen LogP contribution in [-0.2, 0) is 0 Å². The number of hydrogen-bond donors (Lipinski definition) is 3. The first-order chi connectivity index (χ1) is 7.70. The molecule has 0 saturated carbocycles. The van der Waals surface area contributed by atoms with E-state index >= 15 is 0 Å². The van der Waals surface area contributed by atoms with Crippen molar-refractivity contribution in [3.8, 4) is 11.3 Å². The first-order valence-electron chi connectivity index (χ1n) is 4.63. The lowest BCUT2D eigenvalue weighted by Crippen LogP contribution is -1.96. The van der Waals surface area contributed by atoms with Gasteiger partial charge in [-0.25, -0.2) is 14.8 Å². The van der Waals surface area contributed by atoms with Crippen molar-refractivity contribution in [2.45, 2.75) is 0 Å². The predicted molar refractivity (Wildman–Crippen MR) is 58.3 cm³/mol. The lowest BCUT2D eigenvalue weighted by molar-refractivity contribution is 0.0691. The molecule has 82 valence electrons. The third-order valence-corrected chi connectivity index (χ3v) is 2.09. The van der Waals surface area contributed by atoms with Gasteiger partial charge in [-0.2, -0.15) is 0 Å². The molecule has 0 aromatic carbocycles. The lowest BCUT2D eigenvalue weighted by atomic mass is 10.2. The summed E-state index contributed by atoms with van der Waals surface area (Å²) in [5, 5.41) is 11.6. The number of carboxylic acids is 1. The van der Waals surface area contributed by atoms with E-state index in [0.717, 1.165) is 5.56 Å². The van der Waals surface area contributed by atoms with Crippen molar-refractivity contribution in [1.82, 2.24) is 15.0 Å². The molecule has 0 unspecified atom stereocenters. The zero-order valence-corrected chi connectivity index (χ0v) is 8.56. The molecule has 2 aromatic rings. The molecule has 6 nitrogen and oxygen atoms in total. The van der Waals surface area contributed by atoms with Crippen molar-refractivity contribution in [2.75, 3.05) is 12.4 Å². The quantitative estimate of drug-likeness (QED) is 0.720. The zero-order chi connectivity index (χ0) is 11.5. The van der Waals surface area contributed by atoms with E-state index in [0.29, 0.717) is 11.6 Å². The number of anilines is 1. The van der Waals surface area contributed by atoms with E-state index in [9.17, 15) is 4.79 Å². The van der Waals surface area contributed by atoms with Gasteiger partial charge in [-0.05, 0) is 12.1 Å². The van der Waals surface area contributed by atoms with Crippen LogP contribution in [0.1, 0.15) is 10.5 Å². The number of aromatic nitrogens is 3. The molecule has 0 atom stereocenters. The average molecular weight is 218 g/mol. The van der Waals surface area contributed by atoms with Gasteiger partial charge in [-0.3, -0.25) is 0 Å². The number of hydrogen-bond acceptors (Lipinski definition) is 4. The number of carboxylic acid groups (broad SMARTS) is 1. The maximum absolute atomic E-state index is 10.7. The molecule has 3 N–H and O–H groups in total. The van der Waals surface area contributed by atoms with Crippen LogP contribution in [-0.4, -0.2) is 33.1 Å². The summed E-state index contributed by atoms with van der Waals surface area (Å²) in [6.07, 6.45) is 3.22. The van der Waals surface area contributed by atoms with Gasteiger partial charge in [0.2, 0.25) is 5.95 Å². The molecular formula is C10H10N4O2. The van der Waals surface area contributed by atoms with Crippen LogP contribution in [0.2, 0.25) is 0 Å². The van der Waals surface area contributed by atoms with Crippen LogP contribution in [0.3, 0.4) is 0 Å². The number of carbonyl (C=O) groups is 1. The summed E-state index contributed by atoms with van der Waals surface area (Å²) in [5.74, 6) is -0.496. The van der Waals surface area contributed by atoms with Gasteiger partial charge in [0.15, 0.2) is 0 Å². The SMILES string of the molecule is CNc1nccc(-c2c[nH]c(C(=O)O)c2)n1. The fourth-order valence-corrected chi connectivity index (χ4v) is 1.31. The Labute approximate surface area is 91.4 Å². The topological polar surface area (TPSA) is 90.9 Å². The van der Waals surface area contributed by atoms with Gasteiger partial charge < -0.3 is 15.4 Å². The van der Waals surface area contributed by atoms with Crippen LogP contribution in [0.5, 0.6) is 0 Å². The van der Waals surface area contributed by atoms with Crippen LogP contribution < -0.4 is 5.32 Å². The molecule has 16 heavy (non-hydrogen) atoms. The Morgan fingerprint density at radius 2 is 2.38 bits per heavy atom. The fraction of sp³-hybridized carbons (Fsp3) is 0.100. The first-order valence-corrected chi connectivity index (χ1v) is 4.63. The fourth-order valence-electron chi connectivity index (χ4n) is 1.31. The van der Waals surface area contributed by atoms with Crippen LogP contribution in [0, 0.1) is 0 Å². The number of H-pyrrole nitrogens is 1. The molecule has 0 amide bonds. The van der Waals surface area contributed by atoms with Crippen molar-refractivity contribution in [3.05, 3.63) is 30.2 Å². The summed E-state index contributed by atoms with van der Waals surface area (Å²) < 4.78 is 0. The Hall–Kier alpha value is -2.37. The number of aromatic carboxylic acids is 1. The predicted octanol–water partition coefficient (Wildman–Crippen LogP) is 1.21. The van der Waals surface area contributed by atoms with Crippen molar-refractivity contribution < 1.29 is 9.90 Å². The zero-order valence-electron chi connectivity index (χ0n) is 8.56. The Kier molecular flexibility index (Phi) is 2.55. The molecule has 0 aliphatic heterocycles. The van der Waals surface area contributed by atoms with Gasteiger partial charge in [-0.15, -0.1) is 0 Å². The van der Waals surface area contributed by atoms with E-state index in [4.69, 9.17) is 5.11 Å². The Morgan fingerprint density at radius 1 is 1.56 bits per heavy atom. The smallest absolute Gasteiger partial charge is 0.352 e. The van der Waals surface area contributed by atoms with Gasteiger partial charge >= 0.3 is 5.97 Å². The number of aromatic amines is 1. The van der Waals surface area contributed by atoms with E-state index in [2.05, 4.69) is 20.3 Å².